The Morgan fingerprint density at radius 2 is 1.18 bits per heavy atom. The number of fused-ring (bicyclic) bond motifs is 4. The Morgan fingerprint density at radius 1 is 0.629 bits per heavy atom. The topological polar surface area (TPSA) is 269 Å². The van der Waals surface area contributed by atoms with Gasteiger partial charge in [0.05, 0.1) is 86.8 Å². The van der Waals surface area contributed by atoms with E-state index in [4.69, 9.17) is 43.7 Å². The molecule has 3 N–H and O–H groups in total. The number of unbranched alkanes of at least 4 members (excludes halogenated alkanes) is 2. The van der Waals surface area contributed by atoms with Crippen molar-refractivity contribution in [3.8, 4) is 40.6 Å². The minimum atomic E-state index is -0.958. The van der Waals surface area contributed by atoms with Crippen LogP contribution in [-0.2, 0) is 24.0 Å². The number of nitriles is 1. The SMILES string of the molecule is COc1ccc(C2=CN3C(=O)c4cc(OC)c(OCCCOc5cc6c(cc5OC)C(=O)N5C=C(c7ccc(NC(=O)C(C)NC(=O)C(NC(=O)CCCCCN8C(=O)C=C(Oc9ccc(C#N)cc9)C8=O)C(C)C)cc7)C[C@H]5C=N6)cc4N=CC3C2)cc1. The van der Waals surface area contributed by atoms with E-state index in [0.717, 1.165) is 39.0 Å². The van der Waals surface area contributed by atoms with E-state index < -0.39 is 35.7 Å². The van der Waals surface area contributed by atoms with Crippen LogP contribution in [0.1, 0.15) is 103 Å². The molecule has 0 radical (unpaired) electrons. The first-order valence-corrected chi connectivity index (χ1v) is 29.3. The molecule has 5 aromatic carbocycles. The molecule has 0 bridgehead atoms. The van der Waals surface area contributed by atoms with Crippen molar-refractivity contribution in [2.75, 3.05) is 46.4 Å². The van der Waals surface area contributed by atoms with E-state index in [1.54, 1.807) is 105 Å². The maximum atomic E-state index is 14.2. The van der Waals surface area contributed by atoms with E-state index in [2.05, 4.69) is 16.0 Å². The van der Waals surface area contributed by atoms with E-state index in [1.165, 1.54) is 26.4 Å². The third-order valence-corrected chi connectivity index (χ3v) is 15.7. The first kappa shape index (κ1) is 61.5. The summed E-state index contributed by atoms with van der Waals surface area (Å²) >= 11 is 0. The molecule has 0 fully saturated rings. The van der Waals surface area contributed by atoms with Crippen LogP contribution in [0.2, 0.25) is 0 Å². The lowest BCUT2D eigenvalue weighted by Crippen LogP contribution is -2.53. The van der Waals surface area contributed by atoms with Crippen molar-refractivity contribution in [3.05, 3.63) is 149 Å². The molecule has 0 saturated carbocycles. The molecule has 5 heterocycles. The van der Waals surface area contributed by atoms with Crippen LogP contribution in [0, 0.1) is 17.2 Å². The van der Waals surface area contributed by atoms with E-state index >= 15 is 0 Å². The molecule has 10 rings (SSSR count). The summed E-state index contributed by atoms with van der Waals surface area (Å²) < 4.78 is 34.6. The lowest BCUT2D eigenvalue weighted by atomic mass is 10.0. The molecule has 4 atom stereocenters. The lowest BCUT2D eigenvalue weighted by Gasteiger charge is -2.24. The number of amides is 7. The summed E-state index contributed by atoms with van der Waals surface area (Å²) in [7, 11) is 4.64. The highest BCUT2D eigenvalue weighted by Gasteiger charge is 2.37. The first-order valence-electron chi connectivity index (χ1n) is 29.3. The van der Waals surface area contributed by atoms with Crippen LogP contribution in [0.3, 0.4) is 0 Å². The number of nitrogens with one attached hydrogen (secondary N) is 3. The minimum Gasteiger partial charge on any atom is -0.497 e. The number of ether oxygens (including phenoxy) is 6. The van der Waals surface area contributed by atoms with Crippen LogP contribution in [0.15, 0.2) is 131 Å². The van der Waals surface area contributed by atoms with Gasteiger partial charge >= 0.3 is 0 Å². The number of imide groups is 1. The van der Waals surface area contributed by atoms with E-state index in [-0.39, 0.29) is 67.7 Å². The molecule has 5 aromatic rings. The zero-order valence-electron chi connectivity index (χ0n) is 50.1. The van der Waals surface area contributed by atoms with Crippen LogP contribution < -0.4 is 44.4 Å². The van der Waals surface area contributed by atoms with Crippen LogP contribution in [0.25, 0.3) is 11.1 Å². The number of aliphatic imine (C=N–C) groups is 2. The van der Waals surface area contributed by atoms with Gasteiger partial charge in [0, 0.05) is 74.9 Å². The van der Waals surface area contributed by atoms with Gasteiger partial charge in [0.25, 0.3) is 23.6 Å². The number of rotatable bonds is 25. The summed E-state index contributed by atoms with van der Waals surface area (Å²) in [6.07, 6.45) is 11.4. The highest BCUT2D eigenvalue weighted by molar-refractivity contribution is 6.15. The zero-order valence-corrected chi connectivity index (χ0v) is 50.1. The van der Waals surface area contributed by atoms with Crippen molar-refractivity contribution in [1.29, 1.82) is 5.26 Å². The molecule has 5 aliphatic heterocycles. The van der Waals surface area contributed by atoms with Gasteiger partial charge in [0.2, 0.25) is 17.7 Å². The number of carbonyl (C=O) groups is 7. The summed E-state index contributed by atoms with van der Waals surface area (Å²) in [5, 5.41) is 17.3. The molecule has 0 spiro atoms. The van der Waals surface area contributed by atoms with E-state index in [1.807, 2.05) is 48.7 Å². The molecule has 89 heavy (non-hydrogen) atoms. The number of nitrogens with zero attached hydrogens (tertiary/aromatic N) is 6. The van der Waals surface area contributed by atoms with Gasteiger partial charge in [-0.3, -0.25) is 48.4 Å². The monoisotopic (exact) mass is 1210 g/mol. The average Bonchev–Trinajstić information content (AvgIpc) is 1.88. The van der Waals surface area contributed by atoms with Crippen molar-refractivity contribution < 1.29 is 62.0 Å². The highest BCUT2D eigenvalue weighted by atomic mass is 16.5. The standard InChI is InChI=1S/C67H67N9O13/c1-39(2)62(73-60(77)11-8-7-9-24-74-61(78)33-59(67(74)83)89-50-20-12-41(34-68)13-21-50)64(80)71-40(3)63(79)72-46-18-14-42(15-19-46)44-27-47-35-69-53-31-57(55(85-5)29-51(53)65(81)75(47)37-44)87-25-10-26-88-58-32-54-52(30-56(58)86-6)66(82)76-38-45(28-48(76)36-70-54)43-16-22-49(84-4)23-17-43/h12-23,29-33,35-40,47-48,62H,7-11,24-28H2,1-6H3,(H,71,80)(H,72,79)(H,73,77)/t40?,47-,48?,62?/m0/s1. The molecule has 7 amide bonds. The third-order valence-electron chi connectivity index (χ3n) is 15.7. The van der Waals surface area contributed by atoms with Gasteiger partial charge in [-0.1, -0.05) is 44.5 Å². The predicted molar refractivity (Wildman–Crippen MR) is 330 cm³/mol. The van der Waals surface area contributed by atoms with Gasteiger partial charge in [-0.25, -0.2) is 0 Å². The summed E-state index contributed by atoms with van der Waals surface area (Å²) in [6.45, 7) is 5.73. The summed E-state index contributed by atoms with van der Waals surface area (Å²) in [4.78, 5) is 107. The Kier molecular flexibility index (Phi) is 19.0. The third kappa shape index (κ3) is 14.0. The average molecular weight is 1210 g/mol. The van der Waals surface area contributed by atoms with Gasteiger partial charge in [-0.2, -0.15) is 5.26 Å². The quantitative estimate of drug-likeness (QED) is 0.0364. The van der Waals surface area contributed by atoms with Crippen LogP contribution >= 0.6 is 0 Å². The van der Waals surface area contributed by atoms with Gasteiger partial charge in [0.15, 0.2) is 28.8 Å². The Bertz CT molecular complexity index is 3790. The fraction of sp³-hybridized carbons (Fsp3) is 0.313. The van der Waals surface area contributed by atoms with Gasteiger partial charge in [-0.05, 0) is 109 Å². The molecule has 458 valence electrons. The molecule has 5 aliphatic rings. The van der Waals surface area contributed by atoms with Crippen molar-refractivity contribution in [3.63, 3.8) is 0 Å². The number of hydrogen-bond acceptors (Lipinski definition) is 16. The smallest absolute Gasteiger partial charge is 0.296 e. The van der Waals surface area contributed by atoms with Crippen LogP contribution in [-0.4, -0.2) is 134 Å². The molecular weight excluding hydrogens is 1140 g/mol. The molecule has 0 aromatic heterocycles. The van der Waals surface area contributed by atoms with Crippen molar-refractivity contribution in [2.24, 2.45) is 15.9 Å². The van der Waals surface area contributed by atoms with Crippen molar-refractivity contribution in [1.82, 2.24) is 25.3 Å². The normalized spacial score (nSPS) is 17.0. The second-order valence-electron chi connectivity index (χ2n) is 22.1. The molecule has 22 nitrogen and oxygen atoms in total. The van der Waals surface area contributed by atoms with Gasteiger partial charge < -0.3 is 54.2 Å². The fourth-order valence-corrected chi connectivity index (χ4v) is 10.8. The van der Waals surface area contributed by atoms with Crippen molar-refractivity contribution >= 4 is 82.0 Å². The number of anilines is 1. The Morgan fingerprint density at radius 3 is 1.71 bits per heavy atom. The highest BCUT2D eigenvalue weighted by Crippen LogP contribution is 2.42. The van der Waals surface area contributed by atoms with Gasteiger partial charge in [0.1, 0.15) is 23.6 Å². The molecule has 22 heteroatoms. The largest absolute Gasteiger partial charge is 0.497 e. The molecule has 0 saturated heterocycles. The fourth-order valence-electron chi connectivity index (χ4n) is 10.8. The maximum Gasteiger partial charge on any atom is 0.296 e. The first-order chi connectivity index (χ1) is 43.0. The molecule has 3 unspecified atom stereocenters. The lowest BCUT2D eigenvalue weighted by molar-refractivity contribution is -0.138. The molecule has 0 aliphatic carbocycles. The number of hydrogen-bond donors (Lipinski definition) is 3. The second kappa shape index (κ2) is 27.4. The van der Waals surface area contributed by atoms with Crippen molar-refractivity contribution in [2.45, 2.75) is 89.9 Å². The molecular formula is C67H67N9O13. The Hall–Kier alpha value is -10.6. The number of methoxy groups -OCH3 is 3. The van der Waals surface area contributed by atoms with Crippen LogP contribution in [0.5, 0.6) is 34.5 Å². The Labute approximate surface area is 514 Å². The second-order valence-corrected chi connectivity index (χ2v) is 22.1. The Balaban J connectivity index is 0.659. The summed E-state index contributed by atoms with van der Waals surface area (Å²) in [5.74, 6) is -0.640. The van der Waals surface area contributed by atoms with Crippen LogP contribution in [0.4, 0.5) is 17.1 Å². The summed E-state index contributed by atoms with van der Waals surface area (Å²) in [6, 6.07) is 27.2. The summed E-state index contributed by atoms with van der Waals surface area (Å²) in [5.41, 5.74) is 6.29. The zero-order chi connectivity index (χ0) is 62.9. The van der Waals surface area contributed by atoms with E-state index in [0.29, 0.717) is 101 Å². The van der Waals surface area contributed by atoms with E-state index in [9.17, 15) is 33.6 Å². The minimum absolute atomic E-state index is 0.100. The maximum absolute atomic E-state index is 14.2. The number of carbonyl (C=O) groups excluding carboxylic acids is 7. The number of benzene rings is 5. The van der Waals surface area contributed by atoms with Gasteiger partial charge in [-0.15, -0.1) is 0 Å². The predicted octanol–water partition coefficient (Wildman–Crippen LogP) is 8.85.